The number of hydrogen-bond acceptors (Lipinski definition) is 2. The van der Waals surface area contributed by atoms with Gasteiger partial charge in [0.05, 0.1) is 0 Å². The summed E-state index contributed by atoms with van der Waals surface area (Å²) >= 11 is 0. The summed E-state index contributed by atoms with van der Waals surface area (Å²) in [5.74, 6) is 0.361. The van der Waals surface area contributed by atoms with Crippen molar-refractivity contribution < 1.29 is 58.2 Å². The SMILES string of the molecule is Cc1[c-]cc(-n2ccc(=O)[nH]c2=O)cc1C(C)C.[Rb+]. The Morgan fingerprint density at radius 1 is 1.32 bits per heavy atom. The second-order valence-electron chi connectivity index (χ2n) is 4.57. The fourth-order valence-electron chi connectivity index (χ4n) is 1.93. The molecule has 2 rings (SSSR count). The van der Waals surface area contributed by atoms with Gasteiger partial charge >= 0.3 is 63.9 Å². The maximum atomic E-state index is 11.7. The Hall–Kier alpha value is -0.295. The van der Waals surface area contributed by atoms with Crippen molar-refractivity contribution in [2.75, 3.05) is 0 Å². The van der Waals surface area contributed by atoms with Crippen LogP contribution in [0.1, 0.15) is 30.9 Å². The first kappa shape index (κ1) is 16.8. The molecule has 0 radical (unpaired) electrons. The summed E-state index contributed by atoms with van der Waals surface area (Å²) in [6, 6.07) is 8.17. The van der Waals surface area contributed by atoms with Crippen LogP contribution in [0.4, 0.5) is 0 Å². The van der Waals surface area contributed by atoms with Crippen molar-refractivity contribution in [3.8, 4) is 5.69 Å². The van der Waals surface area contributed by atoms with Crippen LogP contribution < -0.4 is 69.4 Å². The van der Waals surface area contributed by atoms with E-state index in [0.29, 0.717) is 11.6 Å². The van der Waals surface area contributed by atoms with E-state index in [1.165, 1.54) is 16.8 Å². The van der Waals surface area contributed by atoms with Crippen molar-refractivity contribution in [2.45, 2.75) is 26.7 Å². The fourth-order valence-corrected chi connectivity index (χ4v) is 1.93. The maximum absolute atomic E-state index is 11.7. The van der Waals surface area contributed by atoms with E-state index in [0.717, 1.165) is 11.1 Å². The molecule has 0 aliphatic heterocycles. The summed E-state index contributed by atoms with van der Waals surface area (Å²) in [5, 5.41) is 0. The monoisotopic (exact) mass is 328 g/mol. The number of aryl methyl sites for hydroxylation is 1. The minimum atomic E-state index is -0.436. The summed E-state index contributed by atoms with van der Waals surface area (Å²) in [6.45, 7) is 6.18. The first-order valence-electron chi connectivity index (χ1n) is 5.83. The van der Waals surface area contributed by atoms with Crippen molar-refractivity contribution in [3.05, 3.63) is 62.4 Å². The van der Waals surface area contributed by atoms with Crippen LogP contribution in [-0.4, -0.2) is 9.55 Å². The molecule has 19 heavy (non-hydrogen) atoms. The fraction of sp³-hybridized carbons (Fsp3) is 0.286. The minimum absolute atomic E-state index is 0. The zero-order chi connectivity index (χ0) is 13.3. The van der Waals surface area contributed by atoms with Crippen LogP contribution in [0.3, 0.4) is 0 Å². The maximum Gasteiger partial charge on any atom is 1.00 e. The molecule has 94 valence electrons. The number of nitrogens with one attached hydrogen (secondary N) is 1. The Balaban J connectivity index is 0.00000180. The molecule has 0 unspecified atom stereocenters. The second-order valence-corrected chi connectivity index (χ2v) is 4.57. The second kappa shape index (κ2) is 6.93. The standard InChI is InChI=1S/C14H15N2O2.Rb/c1-9(2)12-8-11(5-4-10(12)3)16-7-6-13(17)15-14(16)18;/h5-9H,1-3H3,(H,15,17,18);/q-1;+1. The van der Waals surface area contributed by atoms with Crippen LogP contribution >= 0.6 is 0 Å². The summed E-state index contributed by atoms with van der Waals surface area (Å²) in [6.07, 6.45) is 1.48. The van der Waals surface area contributed by atoms with Gasteiger partial charge in [0.25, 0.3) is 5.56 Å². The zero-order valence-corrected chi connectivity index (χ0v) is 16.6. The summed E-state index contributed by atoms with van der Waals surface area (Å²) < 4.78 is 1.41. The summed E-state index contributed by atoms with van der Waals surface area (Å²) in [7, 11) is 0. The Bertz CT molecular complexity index is 686. The molecule has 0 fully saturated rings. The minimum Gasteiger partial charge on any atom is -0.324 e. The van der Waals surface area contributed by atoms with Gasteiger partial charge in [-0.3, -0.25) is 9.78 Å². The van der Waals surface area contributed by atoms with E-state index in [9.17, 15) is 9.59 Å². The molecule has 2 aromatic rings. The third kappa shape index (κ3) is 3.84. The Morgan fingerprint density at radius 3 is 2.58 bits per heavy atom. The first-order chi connectivity index (χ1) is 8.49. The third-order valence-corrected chi connectivity index (χ3v) is 2.90. The molecule has 0 aliphatic rings. The Morgan fingerprint density at radius 2 is 2.00 bits per heavy atom. The van der Waals surface area contributed by atoms with Crippen molar-refractivity contribution in [1.29, 1.82) is 0 Å². The van der Waals surface area contributed by atoms with Crippen LogP contribution in [0.2, 0.25) is 0 Å². The van der Waals surface area contributed by atoms with Gasteiger partial charge in [-0.1, -0.05) is 32.4 Å². The summed E-state index contributed by atoms with van der Waals surface area (Å²) in [5.41, 5.74) is 2.10. The van der Waals surface area contributed by atoms with Gasteiger partial charge in [0.15, 0.2) is 0 Å². The smallest absolute Gasteiger partial charge is 0.324 e. The molecule has 1 aromatic heterocycles. The molecule has 0 aliphatic carbocycles. The topological polar surface area (TPSA) is 54.9 Å². The van der Waals surface area contributed by atoms with Crippen molar-refractivity contribution >= 4 is 0 Å². The Kier molecular flexibility index (Phi) is 6.11. The van der Waals surface area contributed by atoms with E-state index in [1.807, 2.05) is 13.0 Å². The number of nitrogens with zero attached hydrogens (tertiary/aromatic N) is 1. The Labute approximate surface area is 160 Å². The molecule has 0 bridgehead atoms. The molecule has 1 heterocycles. The van der Waals surface area contributed by atoms with E-state index >= 15 is 0 Å². The predicted molar refractivity (Wildman–Crippen MR) is 70.3 cm³/mol. The molecule has 1 aromatic carbocycles. The molecule has 0 saturated heterocycles. The number of benzene rings is 1. The van der Waals surface area contributed by atoms with E-state index in [2.05, 4.69) is 24.9 Å². The molecule has 4 nitrogen and oxygen atoms in total. The molecule has 5 heteroatoms. The average molecular weight is 329 g/mol. The average Bonchev–Trinajstić information content (AvgIpc) is 2.30. The molecule has 0 amide bonds. The van der Waals surface area contributed by atoms with Gasteiger partial charge < -0.3 is 4.57 Å². The number of hydrogen-bond donors (Lipinski definition) is 1. The van der Waals surface area contributed by atoms with Crippen molar-refractivity contribution in [1.82, 2.24) is 9.55 Å². The molecule has 0 saturated carbocycles. The largest absolute Gasteiger partial charge is 1.00 e. The van der Waals surface area contributed by atoms with Gasteiger partial charge in [0, 0.05) is 12.3 Å². The molecular formula is C14H15N2O2Rb. The van der Waals surface area contributed by atoms with Gasteiger partial charge in [0.2, 0.25) is 0 Å². The zero-order valence-electron chi connectivity index (χ0n) is 11.7. The van der Waals surface area contributed by atoms with Gasteiger partial charge in [-0.2, -0.15) is 17.7 Å². The van der Waals surface area contributed by atoms with E-state index in [1.54, 1.807) is 6.07 Å². The van der Waals surface area contributed by atoms with Gasteiger partial charge in [-0.15, -0.1) is 11.6 Å². The van der Waals surface area contributed by atoms with Gasteiger partial charge in [0.1, 0.15) is 0 Å². The number of H-pyrrole nitrogens is 1. The van der Waals surface area contributed by atoms with Gasteiger partial charge in [-0.05, 0) is 0 Å². The molecule has 0 atom stereocenters. The van der Waals surface area contributed by atoms with Crippen LogP contribution in [0.5, 0.6) is 0 Å². The quantitative estimate of drug-likeness (QED) is 0.701. The normalized spacial score (nSPS) is 10.3. The molecule has 1 N–H and O–H groups in total. The van der Waals surface area contributed by atoms with Crippen LogP contribution in [0, 0.1) is 13.0 Å². The van der Waals surface area contributed by atoms with Crippen LogP contribution in [-0.2, 0) is 0 Å². The van der Waals surface area contributed by atoms with Crippen molar-refractivity contribution in [2.24, 2.45) is 0 Å². The predicted octanol–water partition coefficient (Wildman–Crippen LogP) is -1.24. The number of aromatic amines is 1. The summed E-state index contributed by atoms with van der Waals surface area (Å²) in [4.78, 5) is 25.0. The number of rotatable bonds is 2. The first-order valence-corrected chi connectivity index (χ1v) is 5.83. The van der Waals surface area contributed by atoms with Crippen molar-refractivity contribution in [3.63, 3.8) is 0 Å². The number of aromatic nitrogens is 2. The van der Waals surface area contributed by atoms with E-state index in [-0.39, 0.29) is 58.2 Å². The van der Waals surface area contributed by atoms with E-state index < -0.39 is 11.2 Å². The van der Waals surface area contributed by atoms with Gasteiger partial charge in [-0.25, -0.2) is 4.79 Å². The molecule has 0 spiro atoms. The third-order valence-electron chi connectivity index (χ3n) is 2.90. The molecular weight excluding hydrogens is 314 g/mol. The van der Waals surface area contributed by atoms with E-state index in [4.69, 9.17) is 0 Å². The van der Waals surface area contributed by atoms with Crippen LogP contribution in [0.25, 0.3) is 5.69 Å². The van der Waals surface area contributed by atoms with Crippen LogP contribution in [0.15, 0.2) is 34.0 Å².